The van der Waals surface area contributed by atoms with Crippen LogP contribution < -0.4 is 0 Å². The molecule has 2 aliphatic rings. The molecule has 0 heterocycles. The summed E-state index contributed by atoms with van der Waals surface area (Å²) in [6.45, 7) is 4.49. The minimum absolute atomic E-state index is 0.0313. The number of fused-ring (bicyclic) bond motifs is 1. The van der Waals surface area contributed by atoms with Crippen molar-refractivity contribution in [1.82, 2.24) is 0 Å². The highest BCUT2D eigenvalue weighted by Gasteiger charge is 2.47. The Morgan fingerprint density at radius 3 is 2.92 bits per heavy atom. The van der Waals surface area contributed by atoms with Crippen LogP contribution in [0.25, 0.3) is 0 Å². The Labute approximate surface area is 80.8 Å². The molecule has 0 radical (unpaired) electrons. The SMILES string of the molecule is C/C=C1/CCC2[C@@H](O)CCC[C@]12C. The highest BCUT2D eigenvalue weighted by molar-refractivity contribution is 5.21. The average Bonchev–Trinajstić information content (AvgIpc) is 2.43. The Morgan fingerprint density at radius 1 is 1.46 bits per heavy atom. The van der Waals surface area contributed by atoms with Gasteiger partial charge in [-0.1, -0.05) is 18.6 Å². The molecular weight excluding hydrogens is 160 g/mol. The Kier molecular flexibility index (Phi) is 2.23. The molecule has 1 N–H and O–H groups in total. The van der Waals surface area contributed by atoms with Crippen LogP contribution in [0.15, 0.2) is 11.6 Å². The van der Waals surface area contributed by atoms with Crippen molar-refractivity contribution < 1.29 is 5.11 Å². The highest BCUT2D eigenvalue weighted by atomic mass is 16.3. The zero-order valence-corrected chi connectivity index (χ0v) is 8.71. The fourth-order valence-electron chi connectivity index (χ4n) is 3.47. The number of hydrogen-bond donors (Lipinski definition) is 1. The first kappa shape index (κ1) is 9.26. The molecular formula is C12H20O. The van der Waals surface area contributed by atoms with Crippen LogP contribution in [0, 0.1) is 11.3 Å². The maximum Gasteiger partial charge on any atom is 0.0576 e. The van der Waals surface area contributed by atoms with E-state index in [1.54, 1.807) is 5.57 Å². The third-order valence-electron chi connectivity index (χ3n) is 4.29. The molecule has 0 aliphatic heterocycles. The summed E-state index contributed by atoms with van der Waals surface area (Å²) in [5, 5.41) is 9.93. The van der Waals surface area contributed by atoms with Gasteiger partial charge < -0.3 is 5.11 Å². The molecule has 0 amide bonds. The minimum atomic E-state index is -0.0313. The Bertz CT molecular complexity index is 231. The number of hydrogen-bond acceptors (Lipinski definition) is 1. The molecule has 0 spiro atoms. The number of aliphatic hydroxyl groups excluding tert-OH is 1. The molecule has 1 nitrogen and oxygen atoms in total. The first-order valence-electron chi connectivity index (χ1n) is 5.52. The zero-order valence-electron chi connectivity index (χ0n) is 8.71. The van der Waals surface area contributed by atoms with Crippen molar-refractivity contribution in [1.29, 1.82) is 0 Å². The molecule has 2 rings (SSSR count). The van der Waals surface area contributed by atoms with Gasteiger partial charge >= 0.3 is 0 Å². The van der Waals surface area contributed by atoms with Gasteiger partial charge in [0.1, 0.15) is 0 Å². The van der Waals surface area contributed by atoms with Crippen molar-refractivity contribution in [2.45, 2.75) is 52.1 Å². The van der Waals surface area contributed by atoms with Crippen LogP contribution in [-0.4, -0.2) is 11.2 Å². The summed E-state index contributed by atoms with van der Waals surface area (Å²) in [7, 11) is 0. The minimum Gasteiger partial charge on any atom is -0.393 e. The molecule has 0 aromatic rings. The van der Waals surface area contributed by atoms with Crippen molar-refractivity contribution in [3.05, 3.63) is 11.6 Å². The number of rotatable bonds is 0. The summed E-state index contributed by atoms with van der Waals surface area (Å²) in [6, 6.07) is 0. The lowest BCUT2D eigenvalue weighted by Gasteiger charge is -2.40. The van der Waals surface area contributed by atoms with E-state index >= 15 is 0 Å². The summed E-state index contributed by atoms with van der Waals surface area (Å²) in [4.78, 5) is 0. The van der Waals surface area contributed by atoms with Crippen LogP contribution >= 0.6 is 0 Å². The lowest BCUT2D eigenvalue weighted by Crippen LogP contribution is -2.37. The third kappa shape index (κ3) is 1.25. The van der Waals surface area contributed by atoms with Gasteiger partial charge in [-0.3, -0.25) is 0 Å². The predicted molar refractivity (Wildman–Crippen MR) is 54.4 cm³/mol. The zero-order chi connectivity index (χ0) is 9.47. The van der Waals surface area contributed by atoms with Crippen LogP contribution in [0.2, 0.25) is 0 Å². The lowest BCUT2D eigenvalue weighted by atomic mass is 9.66. The van der Waals surface area contributed by atoms with E-state index in [9.17, 15) is 5.11 Å². The Balaban J connectivity index is 2.28. The van der Waals surface area contributed by atoms with Crippen molar-refractivity contribution >= 4 is 0 Å². The van der Waals surface area contributed by atoms with Crippen molar-refractivity contribution in [3.63, 3.8) is 0 Å². The van der Waals surface area contributed by atoms with Gasteiger partial charge in [0.25, 0.3) is 0 Å². The van der Waals surface area contributed by atoms with Gasteiger partial charge in [0.2, 0.25) is 0 Å². The first-order valence-corrected chi connectivity index (χ1v) is 5.52. The smallest absolute Gasteiger partial charge is 0.0576 e. The van der Waals surface area contributed by atoms with Gasteiger partial charge in [0.15, 0.2) is 0 Å². The summed E-state index contributed by atoms with van der Waals surface area (Å²) in [5.41, 5.74) is 1.93. The van der Waals surface area contributed by atoms with Gasteiger partial charge in [-0.15, -0.1) is 0 Å². The molecule has 13 heavy (non-hydrogen) atoms. The van der Waals surface area contributed by atoms with Gasteiger partial charge in [0, 0.05) is 0 Å². The fraction of sp³-hybridized carbons (Fsp3) is 0.833. The molecule has 1 heteroatoms. The summed E-state index contributed by atoms with van der Waals surface area (Å²) in [6.07, 6.45) is 8.18. The second kappa shape index (κ2) is 3.13. The van der Waals surface area contributed by atoms with Gasteiger partial charge in [-0.25, -0.2) is 0 Å². The largest absolute Gasteiger partial charge is 0.393 e. The highest BCUT2D eigenvalue weighted by Crippen LogP contribution is 2.54. The molecule has 1 unspecified atom stereocenters. The fourth-order valence-corrected chi connectivity index (χ4v) is 3.47. The van der Waals surface area contributed by atoms with E-state index in [2.05, 4.69) is 19.9 Å². The molecule has 0 aromatic carbocycles. The number of aliphatic hydroxyl groups is 1. The average molecular weight is 180 g/mol. The molecule has 3 atom stereocenters. The van der Waals surface area contributed by atoms with E-state index < -0.39 is 0 Å². The molecule has 2 aliphatic carbocycles. The summed E-state index contributed by atoms with van der Waals surface area (Å²) >= 11 is 0. The first-order chi connectivity index (χ1) is 6.18. The van der Waals surface area contributed by atoms with Crippen molar-refractivity contribution in [3.8, 4) is 0 Å². The molecule has 0 saturated heterocycles. The van der Waals surface area contributed by atoms with Crippen LogP contribution in [-0.2, 0) is 0 Å². The second-order valence-electron chi connectivity index (χ2n) is 4.84. The molecule has 2 fully saturated rings. The Hall–Kier alpha value is -0.300. The predicted octanol–water partition coefficient (Wildman–Crippen LogP) is 2.89. The normalized spacial score (nSPS) is 48.1. The van der Waals surface area contributed by atoms with Crippen LogP contribution in [0.3, 0.4) is 0 Å². The summed E-state index contributed by atoms with van der Waals surface area (Å²) < 4.78 is 0. The Morgan fingerprint density at radius 2 is 2.23 bits per heavy atom. The second-order valence-corrected chi connectivity index (χ2v) is 4.84. The van der Waals surface area contributed by atoms with E-state index in [1.807, 2.05) is 0 Å². The van der Waals surface area contributed by atoms with Crippen LogP contribution in [0.1, 0.15) is 46.0 Å². The van der Waals surface area contributed by atoms with Crippen LogP contribution in [0.5, 0.6) is 0 Å². The maximum absolute atomic E-state index is 9.93. The van der Waals surface area contributed by atoms with E-state index in [0.717, 1.165) is 6.42 Å². The molecule has 0 aromatic heterocycles. The van der Waals surface area contributed by atoms with Gasteiger partial charge in [-0.2, -0.15) is 0 Å². The standard InChI is InChI=1S/C12H20O/c1-3-9-6-7-10-11(13)5-4-8-12(9,10)2/h3,10-11,13H,4-8H2,1-2H3/b9-3-/t10?,11-,12+/m0/s1. The van der Waals surface area contributed by atoms with E-state index in [1.165, 1.54) is 25.7 Å². The third-order valence-corrected chi connectivity index (χ3v) is 4.29. The van der Waals surface area contributed by atoms with E-state index in [0.29, 0.717) is 11.3 Å². The number of allylic oxidation sites excluding steroid dienone is 2. The van der Waals surface area contributed by atoms with E-state index in [-0.39, 0.29) is 6.10 Å². The van der Waals surface area contributed by atoms with Gasteiger partial charge in [-0.05, 0) is 50.4 Å². The summed E-state index contributed by atoms with van der Waals surface area (Å²) in [5.74, 6) is 0.549. The molecule has 74 valence electrons. The lowest BCUT2D eigenvalue weighted by molar-refractivity contribution is 0.0148. The van der Waals surface area contributed by atoms with Crippen LogP contribution in [0.4, 0.5) is 0 Å². The topological polar surface area (TPSA) is 20.2 Å². The van der Waals surface area contributed by atoms with Crippen molar-refractivity contribution in [2.75, 3.05) is 0 Å². The quantitative estimate of drug-likeness (QED) is 0.568. The van der Waals surface area contributed by atoms with Gasteiger partial charge in [0.05, 0.1) is 6.10 Å². The monoisotopic (exact) mass is 180 g/mol. The maximum atomic E-state index is 9.93. The molecule has 0 bridgehead atoms. The van der Waals surface area contributed by atoms with Crippen molar-refractivity contribution in [2.24, 2.45) is 11.3 Å². The molecule has 2 saturated carbocycles. The van der Waals surface area contributed by atoms with E-state index in [4.69, 9.17) is 0 Å².